The molecule has 1 rings (SSSR count). The van der Waals surface area contributed by atoms with E-state index in [4.69, 9.17) is 4.74 Å². The highest BCUT2D eigenvalue weighted by Gasteiger charge is 2.53. The summed E-state index contributed by atoms with van der Waals surface area (Å²) in [6, 6.07) is 0.999. The van der Waals surface area contributed by atoms with Gasteiger partial charge in [-0.25, -0.2) is 0 Å². The summed E-state index contributed by atoms with van der Waals surface area (Å²) >= 11 is 0. The Morgan fingerprint density at radius 2 is 1.71 bits per heavy atom. The van der Waals surface area contributed by atoms with Crippen molar-refractivity contribution in [1.29, 1.82) is 0 Å². The Kier molecular flexibility index (Phi) is 6.70. The van der Waals surface area contributed by atoms with Crippen molar-refractivity contribution in [2.24, 2.45) is 5.92 Å². The molecule has 1 N–H and O–H groups in total. The monoisotopic (exact) mass is 298 g/mol. The Morgan fingerprint density at radius 1 is 1.10 bits per heavy atom. The van der Waals surface area contributed by atoms with E-state index in [1.54, 1.807) is 0 Å². The van der Waals surface area contributed by atoms with Crippen molar-refractivity contribution < 1.29 is 4.74 Å². The van der Waals surface area contributed by atoms with Gasteiger partial charge in [0.25, 0.3) is 0 Å². The summed E-state index contributed by atoms with van der Waals surface area (Å²) in [5.74, 6) is 0.515. The van der Waals surface area contributed by atoms with E-state index < -0.39 is 0 Å². The molecule has 0 amide bonds. The first-order valence-corrected chi connectivity index (χ1v) is 8.77. The van der Waals surface area contributed by atoms with Crippen LogP contribution in [0.5, 0.6) is 0 Å². The summed E-state index contributed by atoms with van der Waals surface area (Å²) in [6.07, 6.45) is 3.92. The van der Waals surface area contributed by atoms with Gasteiger partial charge in [0, 0.05) is 24.5 Å². The molecule has 0 aromatic rings. The van der Waals surface area contributed by atoms with E-state index in [9.17, 15) is 0 Å². The van der Waals surface area contributed by atoms with E-state index in [-0.39, 0.29) is 11.2 Å². The van der Waals surface area contributed by atoms with Crippen LogP contribution < -0.4 is 5.32 Å². The predicted octanol–water partition coefficient (Wildman–Crippen LogP) is 3.68. The lowest BCUT2D eigenvalue weighted by atomic mass is 9.82. The maximum atomic E-state index is 6.37. The Morgan fingerprint density at radius 3 is 2.19 bits per heavy atom. The Balaban J connectivity index is 2.80. The quantitative estimate of drug-likeness (QED) is 0.692. The van der Waals surface area contributed by atoms with Crippen LogP contribution in [0.4, 0.5) is 0 Å². The Hall–Kier alpha value is -0.120. The Labute approximate surface area is 132 Å². The zero-order chi connectivity index (χ0) is 16.3. The number of rotatable bonds is 8. The second kappa shape index (κ2) is 7.43. The number of nitrogens with one attached hydrogen (secondary N) is 1. The summed E-state index contributed by atoms with van der Waals surface area (Å²) in [6.45, 7) is 18.1. The maximum absolute atomic E-state index is 6.37. The molecule has 2 atom stereocenters. The molecule has 0 aliphatic carbocycles. The fraction of sp³-hybridized carbons (Fsp3) is 1.00. The molecule has 1 aliphatic rings. The van der Waals surface area contributed by atoms with Gasteiger partial charge in [-0.3, -0.25) is 0 Å². The topological polar surface area (TPSA) is 24.5 Å². The minimum absolute atomic E-state index is 0.0743. The van der Waals surface area contributed by atoms with Crippen molar-refractivity contribution in [3.63, 3.8) is 0 Å². The molecule has 2 unspecified atom stereocenters. The lowest BCUT2D eigenvalue weighted by Crippen LogP contribution is -2.50. The lowest BCUT2D eigenvalue weighted by Gasteiger charge is -2.36. The molecular weight excluding hydrogens is 260 g/mol. The number of hydrogen-bond donors (Lipinski definition) is 1. The summed E-state index contributed by atoms with van der Waals surface area (Å²) < 4.78 is 6.37. The minimum Gasteiger partial charge on any atom is -0.368 e. The predicted molar refractivity (Wildman–Crippen MR) is 91.8 cm³/mol. The fourth-order valence-electron chi connectivity index (χ4n) is 3.95. The summed E-state index contributed by atoms with van der Waals surface area (Å²) in [4.78, 5) is 2.64. The van der Waals surface area contributed by atoms with E-state index in [1.807, 2.05) is 0 Å². The van der Waals surface area contributed by atoms with Crippen LogP contribution in [0.1, 0.15) is 67.7 Å². The van der Waals surface area contributed by atoms with Gasteiger partial charge >= 0.3 is 0 Å². The second-order valence-corrected chi connectivity index (χ2v) is 7.98. The van der Waals surface area contributed by atoms with Crippen molar-refractivity contribution in [2.75, 3.05) is 20.1 Å². The molecule has 3 heteroatoms. The molecule has 0 aromatic carbocycles. The van der Waals surface area contributed by atoms with Gasteiger partial charge in [-0.05, 0) is 61.6 Å². The zero-order valence-electron chi connectivity index (χ0n) is 15.6. The summed E-state index contributed by atoms with van der Waals surface area (Å²) in [7, 11) is 2.07. The summed E-state index contributed by atoms with van der Waals surface area (Å²) in [5.41, 5.74) is -0.177. The van der Waals surface area contributed by atoms with Crippen LogP contribution in [0.25, 0.3) is 0 Å². The van der Waals surface area contributed by atoms with Gasteiger partial charge in [0.15, 0.2) is 0 Å². The van der Waals surface area contributed by atoms with E-state index in [2.05, 4.69) is 65.7 Å². The number of likely N-dealkylation sites (N-methyl/N-ethyl adjacent to an activating group) is 1. The average molecular weight is 299 g/mol. The third-order valence-corrected chi connectivity index (χ3v) is 5.09. The average Bonchev–Trinajstić information content (AvgIpc) is 2.52. The minimum atomic E-state index is -0.102. The van der Waals surface area contributed by atoms with E-state index >= 15 is 0 Å². The van der Waals surface area contributed by atoms with Gasteiger partial charge in [-0.2, -0.15) is 0 Å². The largest absolute Gasteiger partial charge is 0.368 e. The molecule has 0 spiro atoms. The molecule has 21 heavy (non-hydrogen) atoms. The number of nitrogens with zero attached hydrogens (tertiary/aromatic N) is 1. The first-order chi connectivity index (χ1) is 9.65. The van der Waals surface area contributed by atoms with Crippen LogP contribution in [0.15, 0.2) is 0 Å². The third-order valence-electron chi connectivity index (χ3n) is 5.09. The van der Waals surface area contributed by atoms with Crippen LogP contribution >= 0.6 is 0 Å². The van der Waals surface area contributed by atoms with Gasteiger partial charge in [-0.1, -0.05) is 19.8 Å². The van der Waals surface area contributed by atoms with Crippen LogP contribution in [0, 0.1) is 5.92 Å². The normalized spacial score (nSPS) is 27.7. The van der Waals surface area contributed by atoms with Crippen molar-refractivity contribution in [3.8, 4) is 0 Å². The highest BCUT2D eigenvalue weighted by Crippen LogP contribution is 2.42. The van der Waals surface area contributed by atoms with Crippen LogP contribution in [-0.2, 0) is 4.74 Å². The van der Waals surface area contributed by atoms with Crippen LogP contribution in [0.3, 0.4) is 0 Å². The molecule has 126 valence electrons. The van der Waals surface area contributed by atoms with Crippen molar-refractivity contribution in [1.82, 2.24) is 10.2 Å². The SMILES string of the molecule is CCCCCN(CC1C(NC)C(C)(C)OC1(C)C)C(C)C. The summed E-state index contributed by atoms with van der Waals surface area (Å²) in [5, 5.41) is 3.52. The van der Waals surface area contributed by atoms with Crippen molar-refractivity contribution in [3.05, 3.63) is 0 Å². The molecular formula is C18H38N2O. The lowest BCUT2D eigenvalue weighted by molar-refractivity contribution is -0.0799. The zero-order valence-corrected chi connectivity index (χ0v) is 15.6. The standard InChI is InChI=1S/C18H38N2O/c1-9-10-11-12-20(14(2)3)13-15-16(19-8)18(6,7)21-17(15,4)5/h14-16,19H,9-13H2,1-8H3. The molecule has 0 saturated carbocycles. The molecule has 0 aromatic heterocycles. The highest BCUT2D eigenvalue weighted by atomic mass is 16.5. The first kappa shape index (κ1) is 18.9. The number of hydrogen-bond acceptors (Lipinski definition) is 3. The van der Waals surface area contributed by atoms with E-state index in [0.29, 0.717) is 18.0 Å². The molecule has 1 fully saturated rings. The van der Waals surface area contributed by atoms with Gasteiger partial charge in [0.05, 0.1) is 11.2 Å². The van der Waals surface area contributed by atoms with Crippen molar-refractivity contribution >= 4 is 0 Å². The maximum Gasteiger partial charge on any atom is 0.0790 e. The highest BCUT2D eigenvalue weighted by molar-refractivity contribution is 5.05. The van der Waals surface area contributed by atoms with Crippen molar-refractivity contribution in [2.45, 2.75) is 91.0 Å². The van der Waals surface area contributed by atoms with Gasteiger partial charge in [-0.15, -0.1) is 0 Å². The smallest absolute Gasteiger partial charge is 0.0790 e. The van der Waals surface area contributed by atoms with Crippen LogP contribution in [0.2, 0.25) is 0 Å². The molecule has 0 bridgehead atoms. The Bertz CT molecular complexity index is 312. The first-order valence-electron chi connectivity index (χ1n) is 8.77. The van der Waals surface area contributed by atoms with Gasteiger partial charge < -0.3 is 15.0 Å². The molecule has 3 nitrogen and oxygen atoms in total. The van der Waals surface area contributed by atoms with E-state index in [1.165, 1.54) is 25.8 Å². The van der Waals surface area contributed by atoms with Gasteiger partial charge in [0.2, 0.25) is 0 Å². The molecule has 1 aliphatic heterocycles. The van der Waals surface area contributed by atoms with Crippen LogP contribution in [-0.4, -0.2) is 48.3 Å². The number of unbranched alkanes of at least 4 members (excludes halogenated alkanes) is 2. The van der Waals surface area contributed by atoms with Gasteiger partial charge in [0.1, 0.15) is 0 Å². The molecule has 1 heterocycles. The third kappa shape index (κ3) is 4.67. The fourth-order valence-corrected chi connectivity index (χ4v) is 3.95. The molecule has 1 saturated heterocycles. The molecule has 0 radical (unpaired) electrons. The van der Waals surface area contributed by atoms with E-state index in [0.717, 1.165) is 6.54 Å². The number of ether oxygens (including phenoxy) is 1. The second-order valence-electron chi connectivity index (χ2n) is 7.98.